The smallest absolute Gasteiger partial charge is 0.0832 e. The molecule has 0 radical (unpaired) electrons. The van der Waals surface area contributed by atoms with Crippen molar-refractivity contribution >= 4 is 15.9 Å². The van der Waals surface area contributed by atoms with Crippen LogP contribution in [0.3, 0.4) is 0 Å². The van der Waals surface area contributed by atoms with E-state index in [9.17, 15) is 0 Å². The van der Waals surface area contributed by atoms with E-state index < -0.39 is 0 Å². The van der Waals surface area contributed by atoms with Gasteiger partial charge in [0.2, 0.25) is 0 Å². The summed E-state index contributed by atoms with van der Waals surface area (Å²) in [6, 6.07) is 0. The first-order valence-corrected chi connectivity index (χ1v) is 5.98. The van der Waals surface area contributed by atoms with Crippen LogP contribution in [0.4, 0.5) is 0 Å². The van der Waals surface area contributed by atoms with E-state index in [0.717, 1.165) is 12.1 Å². The highest BCUT2D eigenvalue weighted by Gasteiger charge is 2.34. The highest BCUT2D eigenvalue weighted by atomic mass is 79.9. The molecular weight excluding hydrogens is 242 g/mol. The highest BCUT2D eigenvalue weighted by molar-refractivity contribution is 9.09. The zero-order chi connectivity index (χ0) is 10.2. The van der Waals surface area contributed by atoms with Crippen molar-refractivity contribution in [3.8, 4) is 0 Å². The van der Waals surface area contributed by atoms with Gasteiger partial charge in [0.05, 0.1) is 5.69 Å². The van der Waals surface area contributed by atoms with Crippen LogP contribution < -0.4 is 0 Å². The number of alkyl halides is 1. The number of aryl methyl sites for hydroxylation is 1. The van der Waals surface area contributed by atoms with Gasteiger partial charge in [0.25, 0.3) is 0 Å². The molecule has 1 aromatic heterocycles. The van der Waals surface area contributed by atoms with E-state index in [1.165, 1.54) is 19.3 Å². The lowest BCUT2D eigenvalue weighted by Crippen LogP contribution is -2.15. The van der Waals surface area contributed by atoms with Gasteiger partial charge in [-0.1, -0.05) is 28.1 Å². The SMILES string of the molecule is Cn1cc(CC2(C)CCC(Br)C2)nn1. The van der Waals surface area contributed by atoms with Gasteiger partial charge in [0.15, 0.2) is 0 Å². The molecule has 1 heterocycles. The van der Waals surface area contributed by atoms with Crippen LogP contribution in [0.5, 0.6) is 0 Å². The molecule has 1 aliphatic rings. The van der Waals surface area contributed by atoms with Crippen molar-refractivity contribution in [2.45, 2.75) is 37.4 Å². The van der Waals surface area contributed by atoms with E-state index in [2.05, 4.69) is 33.2 Å². The Balaban J connectivity index is 2.03. The van der Waals surface area contributed by atoms with Crippen LogP contribution in [0.2, 0.25) is 0 Å². The number of hydrogen-bond donors (Lipinski definition) is 0. The van der Waals surface area contributed by atoms with Gasteiger partial charge in [0.1, 0.15) is 0 Å². The Labute approximate surface area is 93.0 Å². The molecule has 0 spiro atoms. The van der Waals surface area contributed by atoms with Crippen molar-refractivity contribution in [3.63, 3.8) is 0 Å². The fourth-order valence-electron chi connectivity index (χ4n) is 2.32. The number of hydrogen-bond acceptors (Lipinski definition) is 2. The van der Waals surface area contributed by atoms with Gasteiger partial charge < -0.3 is 0 Å². The second-order valence-corrected chi connectivity index (χ2v) is 6.01. The molecule has 1 saturated carbocycles. The predicted molar refractivity (Wildman–Crippen MR) is 59.4 cm³/mol. The molecule has 4 heteroatoms. The summed E-state index contributed by atoms with van der Waals surface area (Å²) >= 11 is 3.69. The maximum absolute atomic E-state index is 4.15. The second kappa shape index (κ2) is 3.65. The molecule has 0 amide bonds. The first-order valence-electron chi connectivity index (χ1n) is 5.07. The summed E-state index contributed by atoms with van der Waals surface area (Å²) in [5.41, 5.74) is 1.54. The summed E-state index contributed by atoms with van der Waals surface area (Å²) in [5, 5.41) is 8.11. The highest BCUT2D eigenvalue weighted by Crippen LogP contribution is 2.43. The minimum absolute atomic E-state index is 0.421. The molecule has 3 nitrogen and oxygen atoms in total. The lowest BCUT2D eigenvalue weighted by atomic mass is 9.84. The third-order valence-electron chi connectivity index (χ3n) is 3.03. The molecule has 0 bridgehead atoms. The zero-order valence-electron chi connectivity index (χ0n) is 8.70. The van der Waals surface area contributed by atoms with Crippen molar-refractivity contribution in [2.24, 2.45) is 12.5 Å². The summed E-state index contributed by atoms with van der Waals surface area (Å²) in [5.74, 6) is 0. The fourth-order valence-corrected chi connectivity index (χ4v) is 3.33. The lowest BCUT2D eigenvalue weighted by molar-refractivity contribution is 0.332. The van der Waals surface area contributed by atoms with Gasteiger partial charge in [-0.25, -0.2) is 0 Å². The average Bonchev–Trinajstić information content (AvgIpc) is 2.60. The molecule has 0 aliphatic heterocycles. The second-order valence-electron chi connectivity index (χ2n) is 4.71. The number of halogens is 1. The topological polar surface area (TPSA) is 30.7 Å². The van der Waals surface area contributed by atoms with Crippen LogP contribution in [0.1, 0.15) is 31.9 Å². The van der Waals surface area contributed by atoms with Gasteiger partial charge in [-0.2, -0.15) is 0 Å². The van der Waals surface area contributed by atoms with Crippen LogP contribution in [-0.4, -0.2) is 19.8 Å². The van der Waals surface area contributed by atoms with Gasteiger partial charge in [-0.3, -0.25) is 4.68 Å². The summed E-state index contributed by atoms with van der Waals surface area (Å²) < 4.78 is 1.78. The number of nitrogens with zero attached hydrogens (tertiary/aromatic N) is 3. The van der Waals surface area contributed by atoms with E-state index in [1.807, 2.05) is 13.2 Å². The lowest BCUT2D eigenvalue weighted by Gasteiger charge is -2.21. The molecule has 1 fully saturated rings. The van der Waals surface area contributed by atoms with Crippen LogP contribution in [0, 0.1) is 5.41 Å². The van der Waals surface area contributed by atoms with Gasteiger partial charge in [-0.15, -0.1) is 5.10 Å². The van der Waals surface area contributed by atoms with Crippen LogP contribution in [-0.2, 0) is 13.5 Å². The summed E-state index contributed by atoms with van der Waals surface area (Å²) in [6.07, 6.45) is 6.91. The van der Waals surface area contributed by atoms with Crippen LogP contribution in [0.15, 0.2) is 6.20 Å². The standard InChI is InChI=1S/C10H16BrN3/c1-10(4-3-8(11)5-10)6-9-7-14(2)13-12-9/h7-8H,3-6H2,1-2H3. The average molecular weight is 258 g/mol. The number of rotatable bonds is 2. The maximum Gasteiger partial charge on any atom is 0.0832 e. The Morgan fingerprint density at radius 1 is 1.71 bits per heavy atom. The van der Waals surface area contributed by atoms with E-state index >= 15 is 0 Å². The van der Waals surface area contributed by atoms with Crippen molar-refractivity contribution in [3.05, 3.63) is 11.9 Å². The zero-order valence-corrected chi connectivity index (χ0v) is 10.3. The Bertz CT molecular complexity index is 323. The van der Waals surface area contributed by atoms with Crippen LogP contribution >= 0.6 is 15.9 Å². The molecule has 2 unspecified atom stereocenters. The normalized spacial score (nSPS) is 32.4. The third-order valence-corrected chi connectivity index (χ3v) is 3.81. The molecule has 2 atom stereocenters. The van der Waals surface area contributed by atoms with Crippen LogP contribution in [0.25, 0.3) is 0 Å². The molecular formula is C10H16BrN3. The monoisotopic (exact) mass is 257 g/mol. The predicted octanol–water partition coefficient (Wildman–Crippen LogP) is 2.31. The molecule has 78 valence electrons. The summed E-state index contributed by atoms with van der Waals surface area (Å²) in [6.45, 7) is 2.35. The third kappa shape index (κ3) is 2.16. The summed E-state index contributed by atoms with van der Waals surface area (Å²) in [4.78, 5) is 0.698. The van der Waals surface area contributed by atoms with Gasteiger partial charge >= 0.3 is 0 Å². The Morgan fingerprint density at radius 3 is 3.00 bits per heavy atom. The number of aromatic nitrogens is 3. The Hall–Kier alpha value is -0.380. The molecule has 0 aromatic carbocycles. The molecule has 0 saturated heterocycles. The van der Waals surface area contributed by atoms with Gasteiger partial charge in [-0.05, 0) is 31.1 Å². The fraction of sp³-hybridized carbons (Fsp3) is 0.800. The minimum Gasteiger partial charge on any atom is -0.255 e. The quantitative estimate of drug-likeness (QED) is 0.762. The van der Waals surface area contributed by atoms with E-state index in [4.69, 9.17) is 0 Å². The van der Waals surface area contributed by atoms with E-state index in [-0.39, 0.29) is 0 Å². The van der Waals surface area contributed by atoms with Gasteiger partial charge in [0, 0.05) is 18.1 Å². The van der Waals surface area contributed by atoms with Crippen molar-refractivity contribution in [1.29, 1.82) is 0 Å². The van der Waals surface area contributed by atoms with E-state index in [1.54, 1.807) is 4.68 Å². The molecule has 14 heavy (non-hydrogen) atoms. The minimum atomic E-state index is 0.421. The van der Waals surface area contributed by atoms with E-state index in [0.29, 0.717) is 10.2 Å². The Morgan fingerprint density at radius 2 is 2.50 bits per heavy atom. The first kappa shape index (κ1) is 10.1. The largest absolute Gasteiger partial charge is 0.255 e. The molecule has 1 aromatic rings. The summed E-state index contributed by atoms with van der Waals surface area (Å²) in [7, 11) is 1.92. The maximum atomic E-state index is 4.15. The molecule has 2 rings (SSSR count). The molecule has 0 N–H and O–H groups in total. The molecule has 1 aliphatic carbocycles. The van der Waals surface area contributed by atoms with Crippen molar-refractivity contribution in [2.75, 3.05) is 0 Å². The Kier molecular flexibility index (Phi) is 2.64. The van der Waals surface area contributed by atoms with Crippen molar-refractivity contribution in [1.82, 2.24) is 15.0 Å². The van der Waals surface area contributed by atoms with Crippen molar-refractivity contribution < 1.29 is 0 Å². The first-order chi connectivity index (χ1) is 6.57.